The van der Waals surface area contributed by atoms with E-state index in [1.165, 1.54) is 44.1 Å². The van der Waals surface area contributed by atoms with Crippen molar-refractivity contribution in [3.63, 3.8) is 0 Å². The van der Waals surface area contributed by atoms with E-state index in [9.17, 15) is 0 Å². The summed E-state index contributed by atoms with van der Waals surface area (Å²) in [5.41, 5.74) is 3.06. The minimum absolute atomic E-state index is 1.27. The van der Waals surface area contributed by atoms with Crippen molar-refractivity contribution in [3.05, 3.63) is 23.3 Å². The van der Waals surface area contributed by atoms with E-state index in [1.54, 1.807) is 5.57 Å². The first kappa shape index (κ1) is 9.57. The van der Waals surface area contributed by atoms with Gasteiger partial charge in [-0.15, -0.1) is 0 Å². The van der Waals surface area contributed by atoms with Crippen LogP contribution in [0.15, 0.2) is 23.3 Å². The van der Waals surface area contributed by atoms with Crippen LogP contribution in [0.3, 0.4) is 0 Å². The molecular weight excluding hydrogens is 144 g/mol. The Hall–Kier alpha value is -0.520. The highest BCUT2D eigenvalue weighted by molar-refractivity contribution is 5.22. The molecular formula is C12H20. The Bertz CT molecular complexity index is 184. The first-order chi connectivity index (χ1) is 5.80. The third-order valence-electron chi connectivity index (χ3n) is 2.71. The lowest BCUT2D eigenvalue weighted by Gasteiger charge is -2.06. The van der Waals surface area contributed by atoms with Gasteiger partial charge in [-0.2, -0.15) is 0 Å². The molecule has 68 valence electrons. The highest BCUT2D eigenvalue weighted by atomic mass is 14.0. The number of rotatable bonds is 0. The SMILES string of the molecule is CC1=C(C)CCCCCCC=C1. The molecule has 0 bridgehead atoms. The highest BCUT2D eigenvalue weighted by Gasteiger charge is 1.97. The molecule has 0 aromatic carbocycles. The van der Waals surface area contributed by atoms with Gasteiger partial charge in [0.2, 0.25) is 0 Å². The maximum Gasteiger partial charge on any atom is -0.0317 e. The molecule has 0 atom stereocenters. The average molecular weight is 164 g/mol. The molecule has 0 radical (unpaired) electrons. The summed E-state index contributed by atoms with van der Waals surface area (Å²) in [5.74, 6) is 0. The molecule has 0 saturated heterocycles. The van der Waals surface area contributed by atoms with Crippen LogP contribution in [-0.2, 0) is 0 Å². The Labute approximate surface area is 76.4 Å². The monoisotopic (exact) mass is 164 g/mol. The molecule has 1 rings (SSSR count). The zero-order valence-electron chi connectivity index (χ0n) is 8.40. The van der Waals surface area contributed by atoms with Crippen LogP contribution in [0.1, 0.15) is 52.4 Å². The molecule has 0 heteroatoms. The summed E-state index contributed by atoms with van der Waals surface area (Å²) in [6.07, 6.45) is 12.8. The van der Waals surface area contributed by atoms with Crippen LogP contribution in [-0.4, -0.2) is 0 Å². The lowest BCUT2D eigenvalue weighted by molar-refractivity contribution is 0.640. The summed E-state index contributed by atoms with van der Waals surface area (Å²) in [6.45, 7) is 4.49. The second-order valence-corrected chi connectivity index (χ2v) is 3.82. The Kier molecular flexibility index (Phi) is 4.13. The lowest BCUT2D eigenvalue weighted by atomic mass is 10.0. The largest absolute Gasteiger partial charge is 0.0843 e. The summed E-state index contributed by atoms with van der Waals surface area (Å²) in [7, 11) is 0. The van der Waals surface area contributed by atoms with Gasteiger partial charge in [-0.3, -0.25) is 0 Å². The quantitative estimate of drug-likeness (QED) is 0.502. The lowest BCUT2D eigenvalue weighted by Crippen LogP contribution is -1.86. The van der Waals surface area contributed by atoms with Crippen molar-refractivity contribution in [1.29, 1.82) is 0 Å². The van der Waals surface area contributed by atoms with Crippen LogP contribution in [0.5, 0.6) is 0 Å². The van der Waals surface area contributed by atoms with Crippen LogP contribution >= 0.6 is 0 Å². The van der Waals surface area contributed by atoms with Crippen molar-refractivity contribution >= 4 is 0 Å². The fourth-order valence-corrected chi connectivity index (χ4v) is 1.61. The highest BCUT2D eigenvalue weighted by Crippen LogP contribution is 2.17. The molecule has 1 aliphatic rings. The van der Waals surface area contributed by atoms with Crippen molar-refractivity contribution in [2.24, 2.45) is 0 Å². The Morgan fingerprint density at radius 3 is 2.58 bits per heavy atom. The van der Waals surface area contributed by atoms with Gasteiger partial charge >= 0.3 is 0 Å². The first-order valence-electron chi connectivity index (χ1n) is 5.13. The number of allylic oxidation sites excluding steroid dienone is 4. The van der Waals surface area contributed by atoms with Crippen LogP contribution in [0, 0.1) is 0 Å². The van der Waals surface area contributed by atoms with Gasteiger partial charge in [0.25, 0.3) is 0 Å². The number of hydrogen-bond donors (Lipinski definition) is 0. The van der Waals surface area contributed by atoms with Crippen molar-refractivity contribution in [2.75, 3.05) is 0 Å². The van der Waals surface area contributed by atoms with Gasteiger partial charge in [0.1, 0.15) is 0 Å². The minimum Gasteiger partial charge on any atom is -0.0843 e. The third kappa shape index (κ3) is 3.25. The first-order valence-corrected chi connectivity index (χ1v) is 5.13. The fourth-order valence-electron chi connectivity index (χ4n) is 1.61. The normalized spacial score (nSPS) is 21.2. The maximum absolute atomic E-state index is 2.32. The van der Waals surface area contributed by atoms with Crippen molar-refractivity contribution in [2.45, 2.75) is 52.4 Å². The predicted octanol–water partition coefficient (Wildman–Crippen LogP) is 4.23. The molecule has 1 aliphatic carbocycles. The van der Waals surface area contributed by atoms with E-state index in [-0.39, 0.29) is 0 Å². The van der Waals surface area contributed by atoms with Crippen molar-refractivity contribution in [1.82, 2.24) is 0 Å². The van der Waals surface area contributed by atoms with Gasteiger partial charge in [-0.1, -0.05) is 36.1 Å². The maximum atomic E-state index is 2.32. The zero-order chi connectivity index (χ0) is 8.81. The summed E-state index contributed by atoms with van der Waals surface area (Å²) in [4.78, 5) is 0. The van der Waals surface area contributed by atoms with Gasteiger partial charge in [0.05, 0.1) is 0 Å². The van der Waals surface area contributed by atoms with E-state index in [1.807, 2.05) is 0 Å². The fraction of sp³-hybridized carbons (Fsp3) is 0.667. The second kappa shape index (κ2) is 5.18. The molecule has 0 nitrogen and oxygen atoms in total. The molecule has 0 aromatic heterocycles. The van der Waals surface area contributed by atoms with E-state index in [2.05, 4.69) is 26.0 Å². The smallest absolute Gasteiger partial charge is 0.0317 e. The molecule has 0 aromatic rings. The van der Waals surface area contributed by atoms with Crippen LogP contribution in [0.2, 0.25) is 0 Å². The Morgan fingerprint density at radius 2 is 1.75 bits per heavy atom. The standard InChI is InChI=1S/C12H20/c1-11-9-7-5-3-4-6-8-10-12(11)2/h7,9H,3-6,8,10H2,1-2H3. The summed E-state index contributed by atoms with van der Waals surface area (Å²) < 4.78 is 0. The van der Waals surface area contributed by atoms with Crippen molar-refractivity contribution in [3.8, 4) is 0 Å². The summed E-state index contributed by atoms with van der Waals surface area (Å²) in [6, 6.07) is 0. The van der Waals surface area contributed by atoms with Gasteiger partial charge in [-0.25, -0.2) is 0 Å². The topological polar surface area (TPSA) is 0 Å². The minimum atomic E-state index is 1.27. The third-order valence-corrected chi connectivity index (χ3v) is 2.71. The molecule has 0 unspecified atom stereocenters. The van der Waals surface area contributed by atoms with Crippen LogP contribution in [0.25, 0.3) is 0 Å². The summed E-state index contributed by atoms with van der Waals surface area (Å²) in [5, 5.41) is 0. The van der Waals surface area contributed by atoms with Gasteiger partial charge in [0.15, 0.2) is 0 Å². The molecule has 0 N–H and O–H groups in total. The second-order valence-electron chi connectivity index (χ2n) is 3.82. The molecule has 0 fully saturated rings. The molecule has 12 heavy (non-hydrogen) atoms. The van der Waals surface area contributed by atoms with E-state index in [4.69, 9.17) is 0 Å². The zero-order valence-corrected chi connectivity index (χ0v) is 8.40. The van der Waals surface area contributed by atoms with E-state index in [0.717, 1.165) is 0 Å². The van der Waals surface area contributed by atoms with Crippen molar-refractivity contribution < 1.29 is 0 Å². The van der Waals surface area contributed by atoms with E-state index >= 15 is 0 Å². The Balaban J connectivity index is 2.57. The van der Waals surface area contributed by atoms with E-state index in [0.29, 0.717) is 0 Å². The van der Waals surface area contributed by atoms with Gasteiger partial charge < -0.3 is 0 Å². The number of hydrogen-bond acceptors (Lipinski definition) is 0. The van der Waals surface area contributed by atoms with Crippen LogP contribution in [0.4, 0.5) is 0 Å². The molecule has 0 amide bonds. The van der Waals surface area contributed by atoms with E-state index < -0.39 is 0 Å². The summed E-state index contributed by atoms with van der Waals surface area (Å²) >= 11 is 0. The molecule has 0 heterocycles. The van der Waals surface area contributed by atoms with Crippen LogP contribution < -0.4 is 0 Å². The molecule has 0 saturated carbocycles. The Morgan fingerprint density at radius 1 is 1.00 bits per heavy atom. The van der Waals surface area contributed by atoms with Gasteiger partial charge in [-0.05, 0) is 39.5 Å². The average Bonchev–Trinajstić information content (AvgIpc) is 2.08. The molecule has 0 spiro atoms. The predicted molar refractivity (Wildman–Crippen MR) is 55.2 cm³/mol. The van der Waals surface area contributed by atoms with Gasteiger partial charge in [0, 0.05) is 0 Å². The molecule has 0 aliphatic heterocycles.